The number of esters is 1. The summed E-state index contributed by atoms with van der Waals surface area (Å²) in [5.74, 6) is -0.470. The van der Waals surface area contributed by atoms with Gasteiger partial charge in [-0.3, -0.25) is 9.52 Å². The predicted molar refractivity (Wildman–Crippen MR) is 106 cm³/mol. The maximum absolute atomic E-state index is 12.6. The van der Waals surface area contributed by atoms with Crippen LogP contribution in [0.4, 0.5) is 10.5 Å². The number of methoxy groups -OCH3 is 1. The fourth-order valence-corrected chi connectivity index (χ4v) is 3.70. The minimum atomic E-state index is -3.43. The van der Waals surface area contributed by atoms with Crippen molar-refractivity contribution in [1.29, 1.82) is 0 Å². The van der Waals surface area contributed by atoms with E-state index in [0.29, 0.717) is 18.7 Å². The molecule has 0 saturated carbocycles. The Kier molecular flexibility index (Phi) is 6.59. The Hall–Kier alpha value is -2.29. The highest BCUT2D eigenvalue weighted by atomic mass is 32.2. The van der Waals surface area contributed by atoms with E-state index in [9.17, 15) is 18.0 Å². The normalized spacial score (nSPS) is 17.3. The van der Waals surface area contributed by atoms with Crippen molar-refractivity contribution in [1.82, 2.24) is 4.90 Å². The van der Waals surface area contributed by atoms with Gasteiger partial charge in [-0.1, -0.05) is 6.07 Å². The molecule has 9 heteroatoms. The van der Waals surface area contributed by atoms with Gasteiger partial charge in [0, 0.05) is 18.8 Å². The summed E-state index contributed by atoms with van der Waals surface area (Å²) in [6.45, 7) is 6.07. The largest absolute Gasteiger partial charge is 0.469 e. The second-order valence-electron chi connectivity index (χ2n) is 7.96. The molecule has 1 amide bonds. The van der Waals surface area contributed by atoms with E-state index < -0.39 is 21.7 Å². The number of carbonyl (C=O) groups is 2. The highest BCUT2D eigenvalue weighted by Crippen LogP contribution is 2.33. The number of nitrogens with zero attached hydrogens (tertiary/aromatic N) is 1. The van der Waals surface area contributed by atoms with E-state index in [1.807, 2.05) is 0 Å². The average Bonchev–Trinajstić information content (AvgIpc) is 2.71. The number of nitrogens with one attached hydrogen (secondary N) is 1. The Morgan fingerprint density at radius 1 is 1.29 bits per heavy atom. The SMILES string of the molecule is COC(=O)CC1CCN(C(=O)OC(C)(C)C)Cc2cc(NS(C)(=O)=O)ccc21. The van der Waals surface area contributed by atoms with Crippen LogP contribution in [0, 0.1) is 0 Å². The topological polar surface area (TPSA) is 102 Å². The van der Waals surface area contributed by atoms with Gasteiger partial charge in [0.25, 0.3) is 0 Å². The van der Waals surface area contributed by atoms with Gasteiger partial charge in [0.15, 0.2) is 0 Å². The van der Waals surface area contributed by atoms with E-state index in [2.05, 4.69) is 4.72 Å². The minimum Gasteiger partial charge on any atom is -0.469 e. The molecular formula is C19H28N2O6S. The van der Waals surface area contributed by atoms with Gasteiger partial charge >= 0.3 is 12.1 Å². The van der Waals surface area contributed by atoms with Crippen molar-refractivity contribution in [3.8, 4) is 0 Å². The highest BCUT2D eigenvalue weighted by molar-refractivity contribution is 7.92. The average molecular weight is 413 g/mol. The molecule has 0 aliphatic carbocycles. The van der Waals surface area contributed by atoms with E-state index in [1.54, 1.807) is 43.9 Å². The van der Waals surface area contributed by atoms with Crippen LogP contribution >= 0.6 is 0 Å². The number of hydrogen-bond acceptors (Lipinski definition) is 6. The second kappa shape index (κ2) is 8.38. The van der Waals surface area contributed by atoms with Crippen molar-refractivity contribution in [3.05, 3.63) is 29.3 Å². The number of ether oxygens (including phenoxy) is 2. The molecule has 1 aromatic carbocycles. The first-order valence-electron chi connectivity index (χ1n) is 9.03. The molecule has 0 saturated heterocycles. The fraction of sp³-hybridized carbons (Fsp3) is 0.579. The Bertz CT molecular complexity index is 844. The molecular weight excluding hydrogens is 384 g/mol. The molecule has 0 spiro atoms. The lowest BCUT2D eigenvalue weighted by Gasteiger charge is -2.26. The first-order valence-corrected chi connectivity index (χ1v) is 10.9. The highest BCUT2D eigenvalue weighted by Gasteiger charge is 2.29. The number of sulfonamides is 1. The van der Waals surface area contributed by atoms with Crippen LogP contribution < -0.4 is 4.72 Å². The smallest absolute Gasteiger partial charge is 0.410 e. The molecule has 1 aliphatic heterocycles. The third kappa shape index (κ3) is 6.40. The van der Waals surface area contributed by atoms with E-state index in [-0.39, 0.29) is 24.9 Å². The van der Waals surface area contributed by atoms with E-state index >= 15 is 0 Å². The van der Waals surface area contributed by atoms with E-state index in [1.165, 1.54) is 7.11 Å². The summed E-state index contributed by atoms with van der Waals surface area (Å²) in [6.07, 6.45) is 1.38. The molecule has 1 aliphatic rings. The van der Waals surface area contributed by atoms with Crippen molar-refractivity contribution >= 4 is 27.8 Å². The summed E-state index contributed by atoms with van der Waals surface area (Å²) in [5.41, 5.74) is 1.45. The monoisotopic (exact) mass is 412 g/mol. The molecule has 0 bridgehead atoms. The number of hydrogen-bond donors (Lipinski definition) is 1. The van der Waals surface area contributed by atoms with Gasteiger partial charge in [0.1, 0.15) is 5.60 Å². The molecule has 0 fully saturated rings. The summed E-state index contributed by atoms with van der Waals surface area (Å²) in [5, 5.41) is 0. The zero-order valence-corrected chi connectivity index (χ0v) is 17.8. The molecule has 1 aromatic rings. The summed E-state index contributed by atoms with van der Waals surface area (Å²) >= 11 is 0. The van der Waals surface area contributed by atoms with Crippen LogP contribution in [0.25, 0.3) is 0 Å². The molecule has 1 atom stereocenters. The maximum Gasteiger partial charge on any atom is 0.410 e. The van der Waals surface area contributed by atoms with Gasteiger partial charge in [-0.2, -0.15) is 0 Å². The lowest BCUT2D eigenvalue weighted by atomic mass is 9.90. The summed E-state index contributed by atoms with van der Waals surface area (Å²) in [7, 11) is -2.09. The Morgan fingerprint density at radius 3 is 2.54 bits per heavy atom. The quantitative estimate of drug-likeness (QED) is 0.763. The van der Waals surface area contributed by atoms with Crippen LogP contribution in [0.2, 0.25) is 0 Å². The summed E-state index contributed by atoms with van der Waals surface area (Å²) in [6, 6.07) is 5.16. The molecule has 0 radical (unpaired) electrons. The second-order valence-corrected chi connectivity index (χ2v) is 9.70. The minimum absolute atomic E-state index is 0.137. The van der Waals surface area contributed by atoms with Crippen LogP contribution in [0.3, 0.4) is 0 Å². The third-order valence-electron chi connectivity index (χ3n) is 4.29. The van der Waals surface area contributed by atoms with E-state index in [4.69, 9.17) is 9.47 Å². The lowest BCUT2D eigenvalue weighted by molar-refractivity contribution is -0.141. The maximum atomic E-state index is 12.6. The Morgan fingerprint density at radius 2 is 1.96 bits per heavy atom. The Labute approximate surface area is 166 Å². The van der Waals surface area contributed by atoms with Gasteiger partial charge in [-0.05, 0) is 56.4 Å². The van der Waals surface area contributed by atoms with Crippen LogP contribution in [-0.4, -0.2) is 50.9 Å². The summed E-state index contributed by atoms with van der Waals surface area (Å²) in [4.78, 5) is 26.0. The van der Waals surface area contributed by atoms with Crippen molar-refractivity contribution in [2.45, 2.75) is 51.7 Å². The van der Waals surface area contributed by atoms with Gasteiger partial charge in [-0.15, -0.1) is 0 Å². The molecule has 1 N–H and O–H groups in total. The zero-order chi connectivity index (χ0) is 21.1. The molecule has 1 unspecified atom stereocenters. The molecule has 1 heterocycles. The van der Waals surface area contributed by atoms with Gasteiger partial charge in [0.2, 0.25) is 10.0 Å². The van der Waals surface area contributed by atoms with E-state index in [0.717, 1.165) is 17.4 Å². The number of rotatable bonds is 4. The zero-order valence-electron chi connectivity index (χ0n) is 16.9. The van der Waals surface area contributed by atoms with Crippen LogP contribution in [0.15, 0.2) is 18.2 Å². The first-order chi connectivity index (χ1) is 12.9. The van der Waals surface area contributed by atoms with Gasteiger partial charge in [0.05, 0.1) is 19.8 Å². The van der Waals surface area contributed by atoms with Crippen molar-refractivity contribution in [2.75, 3.05) is 24.6 Å². The van der Waals surface area contributed by atoms with Crippen molar-refractivity contribution in [2.24, 2.45) is 0 Å². The molecule has 2 rings (SSSR count). The first kappa shape index (κ1) is 22.0. The predicted octanol–water partition coefficient (Wildman–Crippen LogP) is 2.85. The fourth-order valence-electron chi connectivity index (χ4n) is 3.15. The molecule has 28 heavy (non-hydrogen) atoms. The molecule has 156 valence electrons. The number of amides is 1. The van der Waals surface area contributed by atoms with Crippen molar-refractivity contribution < 1.29 is 27.5 Å². The van der Waals surface area contributed by atoms with Crippen molar-refractivity contribution in [3.63, 3.8) is 0 Å². The molecule has 0 aromatic heterocycles. The van der Waals surface area contributed by atoms with Crippen LogP contribution in [-0.2, 0) is 30.8 Å². The van der Waals surface area contributed by atoms with Crippen LogP contribution in [0.5, 0.6) is 0 Å². The van der Waals surface area contributed by atoms with Gasteiger partial charge in [-0.25, -0.2) is 13.2 Å². The lowest BCUT2D eigenvalue weighted by Crippen LogP contribution is -2.36. The number of benzene rings is 1. The van der Waals surface area contributed by atoms with Gasteiger partial charge < -0.3 is 14.4 Å². The molecule has 8 nitrogen and oxygen atoms in total. The standard InChI is InChI=1S/C19H28N2O6S/c1-19(2,3)27-18(23)21-9-8-13(11-17(22)26-4)16-7-6-15(10-14(16)12-21)20-28(5,24)25/h6-7,10,13,20H,8-9,11-12H2,1-5H3. The summed E-state index contributed by atoms with van der Waals surface area (Å²) < 4.78 is 35.8. The van der Waals surface area contributed by atoms with Crippen LogP contribution in [0.1, 0.15) is 50.7 Å². The third-order valence-corrected chi connectivity index (χ3v) is 4.89. The number of anilines is 1. The number of carbonyl (C=O) groups excluding carboxylic acids is 2. The number of fused-ring (bicyclic) bond motifs is 1. The Balaban J connectivity index is 2.37.